The van der Waals surface area contributed by atoms with E-state index < -0.39 is 33.6 Å². The number of rotatable bonds is 7. The van der Waals surface area contributed by atoms with Gasteiger partial charge < -0.3 is 9.64 Å². The molecule has 2 aromatic carbocycles. The number of likely N-dealkylation sites (tertiary alicyclic amines) is 1. The molecule has 0 spiro atoms. The van der Waals surface area contributed by atoms with Crippen molar-refractivity contribution < 1.29 is 26.3 Å². The van der Waals surface area contributed by atoms with E-state index in [-0.39, 0.29) is 10.6 Å². The number of nitrogens with zero attached hydrogens (tertiary/aromatic N) is 2. The second kappa shape index (κ2) is 11.2. The first-order valence-electron chi connectivity index (χ1n) is 10.7. The molecule has 1 atom stereocenters. The monoisotopic (exact) mass is 655 g/mol. The SMILES string of the molecule is CN1CCC(Oc2cc(NS(=O)(=O)c3cnc(Sc4cccc(Cl)c4Cl)c(Br)c3)ccc2C(F)(F)F)C1. The van der Waals surface area contributed by atoms with E-state index in [1.165, 1.54) is 17.8 Å². The number of alkyl halides is 3. The number of ether oxygens (including phenoxy) is 1. The molecule has 2 heterocycles. The molecule has 3 aromatic rings. The second-order valence-corrected chi connectivity index (χ2v) is 12.6. The molecule has 1 saturated heterocycles. The van der Waals surface area contributed by atoms with E-state index in [0.29, 0.717) is 43.9 Å². The summed E-state index contributed by atoms with van der Waals surface area (Å²) >= 11 is 16.8. The van der Waals surface area contributed by atoms with Crippen molar-refractivity contribution in [1.29, 1.82) is 0 Å². The first-order chi connectivity index (χ1) is 17.3. The number of hydrogen-bond donors (Lipinski definition) is 1. The summed E-state index contributed by atoms with van der Waals surface area (Å²) in [5.41, 5.74) is -1.05. The molecular formula is C23H19BrCl2F3N3O3S2. The van der Waals surface area contributed by atoms with Crippen LogP contribution in [-0.4, -0.2) is 44.5 Å². The fourth-order valence-corrected chi connectivity index (χ4v) is 6.65. The van der Waals surface area contributed by atoms with E-state index in [1.807, 2.05) is 11.9 Å². The first-order valence-corrected chi connectivity index (χ1v) is 14.5. The summed E-state index contributed by atoms with van der Waals surface area (Å²) in [6.45, 7) is 1.16. The van der Waals surface area contributed by atoms with Crippen LogP contribution in [0.4, 0.5) is 18.9 Å². The van der Waals surface area contributed by atoms with Crippen LogP contribution in [0, 0.1) is 0 Å². The fraction of sp³-hybridized carbons (Fsp3) is 0.261. The van der Waals surface area contributed by atoms with E-state index in [4.69, 9.17) is 27.9 Å². The number of benzene rings is 2. The summed E-state index contributed by atoms with van der Waals surface area (Å²) in [7, 11) is -2.34. The van der Waals surface area contributed by atoms with Gasteiger partial charge in [0.15, 0.2) is 0 Å². The Morgan fingerprint density at radius 2 is 1.97 bits per heavy atom. The van der Waals surface area contributed by atoms with Crippen molar-refractivity contribution >= 4 is 66.6 Å². The average Bonchev–Trinajstić information content (AvgIpc) is 3.21. The summed E-state index contributed by atoms with van der Waals surface area (Å²) < 4.78 is 75.0. The van der Waals surface area contributed by atoms with Crippen LogP contribution in [0.3, 0.4) is 0 Å². The van der Waals surface area contributed by atoms with E-state index in [2.05, 4.69) is 25.6 Å². The number of likely N-dealkylation sites (N-methyl/N-ethyl adjacent to an activating group) is 1. The van der Waals surface area contributed by atoms with Gasteiger partial charge in [-0.25, -0.2) is 13.4 Å². The number of hydrogen-bond acceptors (Lipinski definition) is 6. The number of aromatic nitrogens is 1. The molecule has 0 amide bonds. The van der Waals surface area contributed by atoms with E-state index in [9.17, 15) is 21.6 Å². The molecule has 14 heteroatoms. The van der Waals surface area contributed by atoms with Gasteiger partial charge in [-0.3, -0.25) is 4.72 Å². The number of halogens is 6. The van der Waals surface area contributed by atoms with Gasteiger partial charge in [0.1, 0.15) is 21.8 Å². The van der Waals surface area contributed by atoms with Crippen LogP contribution in [0.5, 0.6) is 5.75 Å². The third kappa shape index (κ3) is 6.85. The van der Waals surface area contributed by atoms with Crippen LogP contribution >= 0.6 is 50.9 Å². The molecular weight excluding hydrogens is 638 g/mol. The summed E-state index contributed by atoms with van der Waals surface area (Å²) in [4.78, 5) is 6.58. The molecule has 1 aliphatic rings. The van der Waals surface area contributed by atoms with Crippen molar-refractivity contribution in [3.63, 3.8) is 0 Å². The molecule has 198 valence electrons. The quantitative estimate of drug-likeness (QED) is 0.290. The van der Waals surface area contributed by atoms with E-state index in [0.717, 1.165) is 24.4 Å². The lowest BCUT2D eigenvalue weighted by atomic mass is 10.1. The van der Waals surface area contributed by atoms with Gasteiger partial charge in [-0.2, -0.15) is 13.2 Å². The number of pyridine rings is 1. The molecule has 6 nitrogen and oxygen atoms in total. The van der Waals surface area contributed by atoms with Gasteiger partial charge >= 0.3 is 6.18 Å². The van der Waals surface area contributed by atoms with Crippen LogP contribution in [0.15, 0.2) is 68.0 Å². The molecule has 1 N–H and O–H groups in total. The van der Waals surface area contributed by atoms with Gasteiger partial charge in [-0.05, 0) is 59.7 Å². The van der Waals surface area contributed by atoms with Gasteiger partial charge in [0.05, 0.1) is 25.8 Å². The van der Waals surface area contributed by atoms with Crippen molar-refractivity contribution in [3.05, 3.63) is 68.7 Å². The Balaban J connectivity index is 1.57. The van der Waals surface area contributed by atoms with Crippen LogP contribution in [0.1, 0.15) is 12.0 Å². The number of anilines is 1. The normalized spacial score (nSPS) is 16.7. The molecule has 0 saturated carbocycles. The van der Waals surface area contributed by atoms with Crippen molar-refractivity contribution in [2.24, 2.45) is 0 Å². The highest BCUT2D eigenvalue weighted by atomic mass is 79.9. The lowest BCUT2D eigenvalue weighted by Crippen LogP contribution is -2.23. The highest BCUT2D eigenvalue weighted by Crippen LogP contribution is 2.41. The molecule has 1 fully saturated rings. The summed E-state index contributed by atoms with van der Waals surface area (Å²) in [5.74, 6) is -0.433. The van der Waals surface area contributed by atoms with Crippen molar-refractivity contribution in [2.45, 2.75) is 33.5 Å². The summed E-state index contributed by atoms with van der Waals surface area (Å²) in [6, 6.07) is 9.34. The van der Waals surface area contributed by atoms with Gasteiger partial charge in [0, 0.05) is 30.2 Å². The summed E-state index contributed by atoms with van der Waals surface area (Å²) in [5, 5.41) is 1.15. The average molecular weight is 657 g/mol. The van der Waals surface area contributed by atoms with Crippen LogP contribution in [-0.2, 0) is 16.2 Å². The minimum absolute atomic E-state index is 0.0744. The molecule has 0 radical (unpaired) electrons. The smallest absolute Gasteiger partial charge is 0.419 e. The Hall–Kier alpha value is -1.70. The standard InChI is InChI=1S/C23H19BrCl2F3N3O3S2/c1-32-8-7-14(12-32)35-19-9-13(5-6-16(19)23(27,28)29)31-37(33,34)15-10-17(24)22(30-11-15)36-20-4-2-3-18(25)21(20)26/h2-6,9-11,14,31H,7-8,12H2,1H3. The zero-order valence-corrected chi connectivity index (χ0v) is 23.8. The highest BCUT2D eigenvalue weighted by Gasteiger charge is 2.36. The van der Waals surface area contributed by atoms with Crippen molar-refractivity contribution in [1.82, 2.24) is 9.88 Å². The Kier molecular flexibility index (Phi) is 8.56. The molecule has 4 rings (SSSR count). The third-order valence-electron chi connectivity index (χ3n) is 5.40. The molecule has 1 aromatic heterocycles. The Bertz CT molecular complexity index is 1430. The maximum atomic E-state index is 13.6. The van der Waals surface area contributed by atoms with Crippen LogP contribution < -0.4 is 9.46 Å². The van der Waals surface area contributed by atoms with Gasteiger partial charge in [0.2, 0.25) is 0 Å². The van der Waals surface area contributed by atoms with E-state index >= 15 is 0 Å². The van der Waals surface area contributed by atoms with Gasteiger partial charge in [-0.15, -0.1) is 0 Å². The largest absolute Gasteiger partial charge is 0.488 e. The first kappa shape index (κ1) is 28.3. The Labute approximate surface area is 234 Å². The maximum Gasteiger partial charge on any atom is 0.419 e. The minimum Gasteiger partial charge on any atom is -0.488 e. The molecule has 37 heavy (non-hydrogen) atoms. The minimum atomic E-state index is -4.66. The molecule has 0 aliphatic carbocycles. The topological polar surface area (TPSA) is 71.5 Å². The zero-order valence-electron chi connectivity index (χ0n) is 19.0. The number of sulfonamides is 1. The predicted molar refractivity (Wildman–Crippen MR) is 141 cm³/mol. The Morgan fingerprint density at radius 1 is 1.22 bits per heavy atom. The Morgan fingerprint density at radius 3 is 2.62 bits per heavy atom. The van der Waals surface area contributed by atoms with Crippen molar-refractivity contribution in [3.8, 4) is 5.75 Å². The highest BCUT2D eigenvalue weighted by molar-refractivity contribution is 9.10. The maximum absolute atomic E-state index is 13.6. The predicted octanol–water partition coefficient (Wildman–Crippen LogP) is 7.20. The van der Waals surface area contributed by atoms with Crippen LogP contribution in [0.2, 0.25) is 10.0 Å². The van der Waals surface area contributed by atoms with Gasteiger partial charge in [-0.1, -0.05) is 41.0 Å². The molecule has 0 bridgehead atoms. The van der Waals surface area contributed by atoms with Crippen molar-refractivity contribution in [2.75, 3.05) is 24.9 Å². The lowest BCUT2D eigenvalue weighted by molar-refractivity contribution is -0.139. The lowest BCUT2D eigenvalue weighted by Gasteiger charge is -2.19. The summed E-state index contributed by atoms with van der Waals surface area (Å²) in [6.07, 6.45) is -3.39. The third-order valence-corrected chi connectivity index (χ3v) is 9.62. The molecule has 1 aliphatic heterocycles. The number of nitrogens with one attached hydrogen (secondary N) is 1. The van der Waals surface area contributed by atoms with E-state index in [1.54, 1.807) is 18.2 Å². The molecule has 1 unspecified atom stereocenters. The zero-order chi connectivity index (χ0) is 27.0. The van der Waals surface area contributed by atoms with Gasteiger partial charge in [0.25, 0.3) is 10.0 Å². The second-order valence-electron chi connectivity index (χ2n) is 8.22. The van der Waals surface area contributed by atoms with Crippen LogP contribution in [0.25, 0.3) is 0 Å². The fourth-order valence-electron chi connectivity index (χ4n) is 3.60.